The first-order valence-electron chi connectivity index (χ1n) is 45.1. The van der Waals surface area contributed by atoms with Crippen molar-refractivity contribution in [2.24, 2.45) is 5.92 Å². The molecule has 0 bridgehead atoms. The molecule has 0 spiro atoms. The van der Waals surface area contributed by atoms with E-state index in [1.807, 2.05) is 0 Å². The number of carbonyl (C=O) groups excluding carboxylic acids is 4. The molecule has 3 N–H and O–H groups in total. The van der Waals surface area contributed by atoms with E-state index < -0.39 is 97.5 Å². The first-order chi connectivity index (χ1) is 51.5. The summed E-state index contributed by atoms with van der Waals surface area (Å²) >= 11 is 0. The maximum absolute atomic E-state index is 13.2. The summed E-state index contributed by atoms with van der Waals surface area (Å²) in [5.74, 6) is -1.37. The van der Waals surface area contributed by atoms with Crippen LogP contribution in [0.3, 0.4) is 0 Å². The molecule has 19 heteroatoms. The topological polar surface area (TPSA) is 237 Å². The van der Waals surface area contributed by atoms with E-state index in [2.05, 4.69) is 34.6 Å². The first kappa shape index (κ1) is 104. The number of esters is 4. The molecule has 106 heavy (non-hydrogen) atoms. The van der Waals surface area contributed by atoms with Crippen LogP contribution in [0.5, 0.6) is 0 Å². The van der Waals surface area contributed by atoms with Gasteiger partial charge in [0.25, 0.3) is 0 Å². The summed E-state index contributed by atoms with van der Waals surface area (Å²) in [7, 11) is -9.93. The minimum Gasteiger partial charge on any atom is -0.462 e. The van der Waals surface area contributed by atoms with E-state index in [1.54, 1.807) is 0 Å². The van der Waals surface area contributed by atoms with Crippen molar-refractivity contribution in [2.45, 2.75) is 490 Å². The lowest BCUT2D eigenvalue weighted by Crippen LogP contribution is -2.30. The molecule has 0 saturated heterocycles. The molecule has 0 heterocycles. The van der Waals surface area contributed by atoms with Crippen molar-refractivity contribution in [3.63, 3.8) is 0 Å². The molecule has 0 radical (unpaired) electrons. The molecule has 0 fully saturated rings. The zero-order chi connectivity index (χ0) is 77.6. The Morgan fingerprint density at radius 3 is 0.642 bits per heavy atom. The number of ether oxygens (including phenoxy) is 4. The van der Waals surface area contributed by atoms with Gasteiger partial charge in [-0.25, -0.2) is 9.13 Å². The van der Waals surface area contributed by atoms with E-state index in [4.69, 9.17) is 37.0 Å². The van der Waals surface area contributed by atoms with Gasteiger partial charge in [0.05, 0.1) is 26.4 Å². The van der Waals surface area contributed by atoms with Crippen LogP contribution in [0.2, 0.25) is 0 Å². The quantitative estimate of drug-likeness (QED) is 0.0222. The first-order valence-corrected chi connectivity index (χ1v) is 48.1. The highest BCUT2D eigenvalue weighted by atomic mass is 31.2. The van der Waals surface area contributed by atoms with Crippen molar-refractivity contribution in [1.29, 1.82) is 0 Å². The Labute approximate surface area is 651 Å². The van der Waals surface area contributed by atoms with Crippen molar-refractivity contribution >= 4 is 39.5 Å². The molecule has 630 valence electrons. The van der Waals surface area contributed by atoms with Gasteiger partial charge in [-0.15, -0.1) is 0 Å². The molecule has 0 aromatic rings. The Morgan fingerprint density at radius 1 is 0.255 bits per heavy atom. The van der Waals surface area contributed by atoms with Crippen molar-refractivity contribution in [1.82, 2.24) is 0 Å². The Kier molecular flexibility index (Phi) is 78.2. The summed E-state index contributed by atoms with van der Waals surface area (Å²) < 4.78 is 68.9. The summed E-state index contributed by atoms with van der Waals surface area (Å²) in [6, 6.07) is 0. The van der Waals surface area contributed by atoms with E-state index >= 15 is 0 Å². The molecule has 17 nitrogen and oxygen atoms in total. The lowest BCUT2D eigenvalue weighted by atomic mass is 10.0. The molecule has 2 unspecified atom stereocenters. The molecule has 0 aliphatic heterocycles. The summed E-state index contributed by atoms with van der Waals surface area (Å²) in [6.07, 6.45) is 73.8. The fraction of sp³-hybridized carbons (Fsp3) is 0.954. The van der Waals surface area contributed by atoms with Crippen molar-refractivity contribution in [3.8, 4) is 0 Å². The lowest BCUT2D eigenvalue weighted by Gasteiger charge is -2.21. The van der Waals surface area contributed by atoms with Crippen molar-refractivity contribution in [3.05, 3.63) is 0 Å². The number of rotatable bonds is 87. The van der Waals surface area contributed by atoms with Crippen LogP contribution in [0.4, 0.5) is 0 Å². The summed E-state index contributed by atoms with van der Waals surface area (Å²) in [5.41, 5.74) is 0. The van der Waals surface area contributed by atoms with Gasteiger partial charge in [-0.1, -0.05) is 420 Å². The summed E-state index contributed by atoms with van der Waals surface area (Å²) in [6.45, 7) is 7.33. The smallest absolute Gasteiger partial charge is 0.462 e. The summed E-state index contributed by atoms with van der Waals surface area (Å²) in [5, 5.41) is 10.7. The second kappa shape index (κ2) is 79.7. The van der Waals surface area contributed by atoms with Gasteiger partial charge in [0.2, 0.25) is 0 Å². The van der Waals surface area contributed by atoms with Gasteiger partial charge in [-0.2, -0.15) is 0 Å². The molecule has 0 aliphatic carbocycles. The number of unbranched alkanes of at least 4 members (excludes halogenated alkanes) is 59. The Hall–Kier alpha value is -1.94. The largest absolute Gasteiger partial charge is 0.472 e. The van der Waals surface area contributed by atoms with Crippen LogP contribution in [0.25, 0.3) is 0 Å². The zero-order valence-corrected chi connectivity index (χ0v) is 71.4. The van der Waals surface area contributed by atoms with Crippen LogP contribution < -0.4 is 0 Å². The fourth-order valence-electron chi connectivity index (χ4n) is 13.6. The van der Waals surface area contributed by atoms with Crippen LogP contribution >= 0.6 is 15.6 Å². The van der Waals surface area contributed by atoms with Gasteiger partial charge < -0.3 is 33.8 Å². The Morgan fingerprint density at radius 2 is 0.434 bits per heavy atom. The van der Waals surface area contributed by atoms with Crippen LogP contribution in [0, 0.1) is 5.92 Å². The van der Waals surface area contributed by atoms with Crippen molar-refractivity contribution in [2.75, 3.05) is 39.6 Å². The van der Waals surface area contributed by atoms with Gasteiger partial charge in [0.1, 0.15) is 19.3 Å². The SMILES string of the molecule is CCCCCCCCCCCCCCCCCCCCCCCCC(=O)O[C@H](COC(=O)CCCCCCCCCCCCCCCCCCCCCC)COP(=O)(O)OC[C@@H](O)COP(=O)(O)OC[C@@H](COC(=O)CCCCCCCCCCC(C)C)OC(=O)CCCCCCCCCCCCCCC. The number of hydrogen-bond donors (Lipinski definition) is 3. The third-order valence-corrected chi connectivity index (χ3v) is 22.4. The minimum absolute atomic E-state index is 0.108. The third-order valence-electron chi connectivity index (χ3n) is 20.5. The number of carbonyl (C=O) groups is 4. The lowest BCUT2D eigenvalue weighted by molar-refractivity contribution is -0.161. The molecule has 0 rings (SSSR count). The number of hydrogen-bond acceptors (Lipinski definition) is 15. The van der Waals surface area contributed by atoms with Gasteiger partial charge in [-0.05, 0) is 31.6 Å². The highest BCUT2D eigenvalue weighted by Gasteiger charge is 2.30. The molecule has 0 aliphatic rings. The van der Waals surface area contributed by atoms with E-state index in [-0.39, 0.29) is 25.7 Å². The van der Waals surface area contributed by atoms with Crippen LogP contribution in [0.1, 0.15) is 471 Å². The molecular formula is C87H170O17P2. The molecule has 0 saturated carbocycles. The normalized spacial score (nSPS) is 13.7. The number of phosphoric acid groups is 2. The highest BCUT2D eigenvalue weighted by molar-refractivity contribution is 7.47. The van der Waals surface area contributed by atoms with E-state index in [9.17, 15) is 43.2 Å². The predicted octanol–water partition coefficient (Wildman–Crippen LogP) is 26.8. The second-order valence-electron chi connectivity index (χ2n) is 31.8. The van der Waals surface area contributed by atoms with Gasteiger partial charge in [0, 0.05) is 25.7 Å². The van der Waals surface area contributed by atoms with E-state index in [0.717, 1.165) is 95.8 Å². The standard InChI is InChI=1S/C87H170O17P2/c1-6-9-12-15-18-21-24-27-29-31-33-35-36-38-40-42-45-48-51-58-63-68-73-87(92)103-82(76-97-84(89)70-65-60-55-49-46-44-41-39-37-34-32-30-28-25-22-19-16-13-10-7-2)78-101-105(93,94)99-74-81(88)75-100-106(95,96)102-79-83(77-98-85(90)71-66-61-56-53-52-54-59-64-69-80(4)5)104-86(91)72-67-62-57-50-47-43-26-23-20-17-14-11-8-3/h80-83,88H,6-79H2,1-5H3,(H,93,94)(H,95,96)/t81-,82-,83-/m1/s1. The summed E-state index contributed by atoms with van der Waals surface area (Å²) in [4.78, 5) is 73.2. The molecular weight excluding hydrogens is 1380 g/mol. The maximum Gasteiger partial charge on any atom is 0.472 e. The number of aliphatic hydroxyl groups excluding tert-OH is 1. The van der Waals surface area contributed by atoms with Gasteiger partial charge >= 0.3 is 39.5 Å². The molecule has 0 aromatic heterocycles. The van der Waals surface area contributed by atoms with Crippen LogP contribution in [-0.4, -0.2) is 96.7 Å². The van der Waals surface area contributed by atoms with Gasteiger partial charge in [-0.3, -0.25) is 37.3 Å². The highest BCUT2D eigenvalue weighted by Crippen LogP contribution is 2.45. The van der Waals surface area contributed by atoms with Crippen molar-refractivity contribution < 1.29 is 80.2 Å². The Bertz CT molecular complexity index is 2010. The van der Waals surface area contributed by atoms with Crippen LogP contribution in [0.15, 0.2) is 0 Å². The third kappa shape index (κ3) is 80.1. The molecule has 5 atom stereocenters. The number of phosphoric ester groups is 2. The average molecular weight is 1550 g/mol. The van der Waals surface area contributed by atoms with Gasteiger partial charge in [0.15, 0.2) is 12.2 Å². The second-order valence-corrected chi connectivity index (χ2v) is 34.7. The fourth-order valence-corrected chi connectivity index (χ4v) is 15.2. The Balaban J connectivity index is 5.21. The monoisotopic (exact) mass is 1550 g/mol. The molecule has 0 aromatic carbocycles. The predicted molar refractivity (Wildman–Crippen MR) is 437 cm³/mol. The minimum atomic E-state index is -4.97. The number of aliphatic hydroxyl groups is 1. The zero-order valence-electron chi connectivity index (χ0n) is 69.6. The van der Waals surface area contributed by atoms with E-state index in [1.165, 1.54) is 295 Å². The van der Waals surface area contributed by atoms with Crippen LogP contribution in [-0.2, 0) is 65.4 Å². The van der Waals surface area contributed by atoms with E-state index in [0.29, 0.717) is 25.7 Å². The molecule has 0 amide bonds. The maximum atomic E-state index is 13.2. The average Bonchev–Trinajstić information content (AvgIpc) is 0.905.